The Hall–Kier alpha value is -1.88. The Morgan fingerprint density at radius 1 is 1.29 bits per heavy atom. The molecule has 0 aromatic heterocycles. The van der Waals surface area contributed by atoms with Gasteiger partial charge in [0.25, 0.3) is 0 Å². The number of hydrogen-bond acceptors (Lipinski definition) is 4. The van der Waals surface area contributed by atoms with Crippen LogP contribution in [0.25, 0.3) is 0 Å². The summed E-state index contributed by atoms with van der Waals surface area (Å²) in [6.07, 6.45) is 1.37. The Kier molecular flexibility index (Phi) is 5.90. The molecule has 1 amide bonds. The first-order chi connectivity index (χ1) is 9.93. The predicted octanol–water partition coefficient (Wildman–Crippen LogP) is 2.49. The van der Waals surface area contributed by atoms with Crippen molar-refractivity contribution in [1.82, 2.24) is 0 Å². The van der Waals surface area contributed by atoms with Crippen molar-refractivity contribution in [1.29, 1.82) is 0 Å². The molecule has 1 rings (SSSR count). The second kappa shape index (κ2) is 7.22. The van der Waals surface area contributed by atoms with Crippen LogP contribution in [0.4, 0.5) is 5.69 Å². The van der Waals surface area contributed by atoms with Crippen molar-refractivity contribution >= 4 is 17.6 Å². The third-order valence-corrected chi connectivity index (χ3v) is 4.12. The van der Waals surface area contributed by atoms with E-state index in [4.69, 9.17) is 5.73 Å². The molecular weight excluding hydrogens is 268 g/mol. The van der Waals surface area contributed by atoms with E-state index in [0.29, 0.717) is 30.6 Å². The fraction of sp³-hybridized carbons (Fsp3) is 0.500. The Balaban J connectivity index is 2.98. The molecule has 5 heteroatoms. The number of ether oxygens (including phenoxy) is 1. The van der Waals surface area contributed by atoms with Gasteiger partial charge in [0.2, 0.25) is 5.91 Å². The Bertz CT molecular complexity index is 514. The molecule has 0 spiro atoms. The van der Waals surface area contributed by atoms with Crippen molar-refractivity contribution in [2.24, 2.45) is 11.1 Å². The van der Waals surface area contributed by atoms with Gasteiger partial charge >= 0.3 is 5.97 Å². The molecule has 21 heavy (non-hydrogen) atoms. The average molecular weight is 292 g/mol. The third kappa shape index (κ3) is 3.61. The lowest BCUT2D eigenvalue weighted by molar-refractivity contribution is -0.125. The lowest BCUT2D eigenvalue weighted by Crippen LogP contribution is -2.41. The van der Waals surface area contributed by atoms with Crippen molar-refractivity contribution in [3.8, 4) is 0 Å². The van der Waals surface area contributed by atoms with Gasteiger partial charge in [-0.2, -0.15) is 0 Å². The van der Waals surface area contributed by atoms with Gasteiger partial charge in [-0.15, -0.1) is 0 Å². The van der Waals surface area contributed by atoms with Crippen molar-refractivity contribution in [2.45, 2.75) is 33.6 Å². The number of rotatable bonds is 6. The van der Waals surface area contributed by atoms with Crippen molar-refractivity contribution in [3.63, 3.8) is 0 Å². The predicted molar refractivity (Wildman–Crippen MR) is 83.2 cm³/mol. The number of hydrogen-bond donors (Lipinski definition) is 2. The van der Waals surface area contributed by atoms with Gasteiger partial charge in [-0.3, -0.25) is 4.79 Å². The monoisotopic (exact) mass is 292 g/mol. The molecule has 0 atom stereocenters. The van der Waals surface area contributed by atoms with E-state index in [9.17, 15) is 9.59 Å². The number of carbonyl (C=O) groups is 2. The van der Waals surface area contributed by atoms with Crippen LogP contribution >= 0.6 is 0 Å². The van der Waals surface area contributed by atoms with Crippen LogP contribution in [-0.4, -0.2) is 25.5 Å². The standard InChI is InChI=1S/C16H24N2O3/c1-5-16(6-2,10-17)15(20)18-13-8-7-12(9-11(13)3)14(19)21-4/h7-9H,5-6,10,17H2,1-4H3,(H,18,20). The molecule has 0 heterocycles. The van der Waals surface area contributed by atoms with Gasteiger partial charge in [-0.25, -0.2) is 4.79 Å². The van der Waals surface area contributed by atoms with Crippen molar-refractivity contribution < 1.29 is 14.3 Å². The highest BCUT2D eigenvalue weighted by atomic mass is 16.5. The van der Waals surface area contributed by atoms with Gasteiger partial charge in [-0.05, 0) is 43.5 Å². The molecule has 0 aliphatic carbocycles. The number of methoxy groups -OCH3 is 1. The summed E-state index contributed by atoms with van der Waals surface area (Å²) in [4.78, 5) is 23.9. The van der Waals surface area contributed by atoms with E-state index >= 15 is 0 Å². The number of nitrogens with one attached hydrogen (secondary N) is 1. The normalized spacial score (nSPS) is 11.1. The summed E-state index contributed by atoms with van der Waals surface area (Å²) in [5.41, 5.74) is 7.19. The molecule has 0 saturated carbocycles. The second-order valence-corrected chi connectivity index (χ2v) is 5.17. The molecule has 1 aromatic rings. The maximum absolute atomic E-state index is 12.5. The summed E-state index contributed by atoms with van der Waals surface area (Å²) in [5, 5.41) is 2.92. The van der Waals surface area contributed by atoms with Crippen LogP contribution in [0.1, 0.15) is 42.6 Å². The quantitative estimate of drug-likeness (QED) is 0.789. The lowest BCUT2D eigenvalue weighted by Gasteiger charge is -2.28. The largest absolute Gasteiger partial charge is 0.465 e. The molecule has 0 radical (unpaired) electrons. The Morgan fingerprint density at radius 2 is 1.90 bits per heavy atom. The van der Waals surface area contributed by atoms with Crippen molar-refractivity contribution in [3.05, 3.63) is 29.3 Å². The molecule has 0 fully saturated rings. The molecule has 0 saturated heterocycles. The van der Waals surface area contributed by atoms with Gasteiger partial charge in [0.1, 0.15) is 0 Å². The third-order valence-electron chi connectivity index (χ3n) is 4.12. The molecule has 0 unspecified atom stereocenters. The van der Waals surface area contributed by atoms with E-state index in [1.165, 1.54) is 7.11 Å². The first-order valence-electron chi connectivity index (χ1n) is 7.14. The molecule has 116 valence electrons. The minimum absolute atomic E-state index is 0.0797. The SMILES string of the molecule is CCC(CC)(CN)C(=O)Nc1ccc(C(=O)OC)cc1C. The zero-order valence-electron chi connectivity index (χ0n) is 13.2. The molecule has 5 nitrogen and oxygen atoms in total. The number of carbonyl (C=O) groups excluding carboxylic acids is 2. The number of anilines is 1. The molecule has 0 bridgehead atoms. The van der Waals surface area contributed by atoms with Crippen LogP contribution in [0.5, 0.6) is 0 Å². The van der Waals surface area contributed by atoms with E-state index in [-0.39, 0.29) is 5.91 Å². The summed E-state index contributed by atoms with van der Waals surface area (Å²) in [5.74, 6) is -0.474. The van der Waals surface area contributed by atoms with Crippen LogP contribution in [0.3, 0.4) is 0 Å². The fourth-order valence-electron chi connectivity index (χ4n) is 2.26. The fourth-order valence-corrected chi connectivity index (χ4v) is 2.26. The summed E-state index contributed by atoms with van der Waals surface area (Å²) < 4.78 is 4.68. The van der Waals surface area contributed by atoms with E-state index in [1.807, 2.05) is 20.8 Å². The van der Waals surface area contributed by atoms with Gasteiger partial charge in [0, 0.05) is 12.2 Å². The zero-order valence-corrected chi connectivity index (χ0v) is 13.2. The maximum Gasteiger partial charge on any atom is 0.337 e. The number of esters is 1. The van der Waals surface area contributed by atoms with Crippen molar-refractivity contribution in [2.75, 3.05) is 19.0 Å². The highest BCUT2D eigenvalue weighted by molar-refractivity contribution is 5.97. The minimum Gasteiger partial charge on any atom is -0.465 e. The summed E-state index contributed by atoms with van der Waals surface area (Å²) in [7, 11) is 1.34. The first-order valence-corrected chi connectivity index (χ1v) is 7.14. The Labute approximate surface area is 125 Å². The van der Waals surface area contributed by atoms with Crippen LogP contribution < -0.4 is 11.1 Å². The minimum atomic E-state index is -0.548. The highest BCUT2D eigenvalue weighted by Gasteiger charge is 2.33. The number of nitrogens with two attached hydrogens (primary N) is 1. The van der Waals surface area contributed by atoms with E-state index in [0.717, 1.165) is 5.56 Å². The number of amides is 1. The zero-order chi connectivity index (χ0) is 16.0. The highest BCUT2D eigenvalue weighted by Crippen LogP contribution is 2.28. The molecule has 0 aliphatic rings. The molecule has 0 aliphatic heterocycles. The first kappa shape index (κ1) is 17.2. The van der Waals surface area contributed by atoms with E-state index in [1.54, 1.807) is 18.2 Å². The topological polar surface area (TPSA) is 81.4 Å². The number of aryl methyl sites for hydroxylation is 1. The smallest absolute Gasteiger partial charge is 0.337 e. The molecule has 1 aromatic carbocycles. The van der Waals surface area contributed by atoms with Gasteiger partial charge in [0.15, 0.2) is 0 Å². The summed E-state index contributed by atoms with van der Waals surface area (Å²) in [6, 6.07) is 5.05. The Morgan fingerprint density at radius 3 is 2.33 bits per heavy atom. The maximum atomic E-state index is 12.5. The lowest BCUT2D eigenvalue weighted by atomic mass is 9.81. The summed E-state index contributed by atoms with van der Waals surface area (Å²) >= 11 is 0. The van der Waals surface area contributed by atoms with E-state index in [2.05, 4.69) is 10.1 Å². The van der Waals surface area contributed by atoms with Gasteiger partial charge in [-0.1, -0.05) is 13.8 Å². The van der Waals surface area contributed by atoms with E-state index < -0.39 is 11.4 Å². The van der Waals surface area contributed by atoms with Crippen LogP contribution in [0.2, 0.25) is 0 Å². The van der Waals surface area contributed by atoms with Gasteiger partial charge < -0.3 is 15.8 Å². The average Bonchev–Trinajstić information content (AvgIpc) is 2.50. The molecular formula is C16H24N2O3. The van der Waals surface area contributed by atoms with Crippen LogP contribution in [0, 0.1) is 12.3 Å². The summed E-state index contributed by atoms with van der Waals surface area (Å²) in [6.45, 7) is 6.07. The number of benzene rings is 1. The van der Waals surface area contributed by atoms with Crippen LogP contribution in [-0.2, 0) is 9.53 Å². The van der Waals surface area contributed by atoms with Gasteiger partial charge in [0.05, 0.1) is 18.1 Å². The van der Waals surface area contributed by atoms with Crippen LogP contribution in [0.15, 0.2) is 18.2 Å². The second-order valence-electron chi connectivity index (χ2n) is 5.17. The molecule has 3 N–H and O–H groups in total.